The van der Waals surface area contributed by atoms with Crippen molar-refractivity contribution in [3.63, 3.8) is 0 Å². The van der Waals surface area contributed by atoms with Crippen molar-refractivity contribution in [2.45, 2.75) is 107 Å². The Hall–Kier alpha value is 0. The summed E-state index contributed by atoms with van der Waals surface area (Å²) < 4.78 is 0. The van der Waals surface area contributed by atoms with Crippen molar-refractivity contribution in [1.82, 2.24) is 0 Å². The van der Waals surface area contributed by atoms with Gasteiger partial charge in [-0.15, -0.1) is 0 Å². The molecule has 3 atom stereocenters. The molecule has 0 aliphatic carbocycles. The fourth-order valence-corrected chi connectivity index (χ4v) is 5.37. The summed E-state index contributed by atoms with van der Waals surface area (Å²) in [6.45, 7) is 22.1. The van der Waals surface area contributed by atoms with Gasteiger partial charge in [0.1, 0.15) is 0 Å². The lowest BCUT2D eigenvalue weighted by atomic mass is 9.48. The minimum Gasteiger partial charge on any atom is -0.0654 e. The average Bonchev–Trinajstić information content (AvgIpc) is 2.38. The third-order valence-electron chi connectivity index (χ3n) is 6.38. The largest absolute Gasteiger partial charge is 0.0654 e. The summed E-state index contributed by atoms with van der Waals surface area (Å²) in [6, 6.07) is 0. The second kappa shape index (κ2) is 9.21. The van der Waals surface area contributed by atoms with E-state index in [-0.39, 0.29) is 0 Å². The van der Waals surface area contributed by atoms with Gasteiger partial charge in [-0.25, -0.2) is 0 Å². The highest BCUT2D eigenvalue weighted by Gasteiger charge is 2.50. The van der Waals surface area contributed by atoms with Gasteiger partial charge < -0.3 is 0 Å². The maximum absolute atomic E-state index is 2.60. The molecule has 21 heavy (non-hydrogen) atoms. The highest BCUT2D eigenvalue weighted by Crippen LogP contribution is 2.59. The van der Waals surface area contributed by atoms with Crippen LogP contribution in [0.3, 0.4) is 0 Å². The zero-order valence-electron chi connectivity index (χ0n) is 16.7. The molecule has 0 aromatic rings. The van der Waals surface area contributed by atoms with Gasteiger partial charge >= 0.3 is 0 Å². The Labute approximate surface area is 136 Å². The lowest BCUT2D eigenvalue weighted by Crippen LogP contribution is -2.49. The topological polar surface area (TPSA) is 0 Å². The smallest absolute Gasteiger partial charge is 0.0195 e. The highest BCUT2D eigenvalue weighted by molar-refractivity contribution is 4.99. The Bertz CT molecular complexity index is 265. The average molecular weight is 297 g/mol. The van der Waals surface area contributed by atoms with E-state index >= 15 is 0 Å². The molecule has 0 aliphatic heterocycles. The standard InChI is InChI=1S/C21H44/c1-10-13-15-21(18(6)7,19(8)16-17(4)5)20(9,12-3)14-11-2/h17-19H,10-16H2,1-9H3. The van der Waals surface area contributed by atoms with Gasteiger partial charge in [-0.2, -0.15) is 0 Å². The molecule has 0 radical (unpaired) electrons. The van der Waals surface area contributed by atoms with Crippen LogP contribution in [0.5, 0.6) is 0 Å². The molecular weight excluding hydrogens is 252 g/mol. The fourth-order valence-electron chi connectivity index (χ4n) is 5.37. The summed E-state index contributed by atoms with van der Waals surface area (Å²) in [5, 5.41) is 0. The first-order chi connectivity index (χ1) is 9.71. The zero-order chi connectivity index (χ0) is 16.7. The van der Waals surface area contributed by atoms with Crippen LogP contribution in [-0.2, 0) is 0 Å². The van der Waals surface area contributed by atoms with E-state index in [0.717, 1.165) is 17.8 Å². The van der Waals surface area contributed by atoms with Crippen LogP contribution in [0.2, 0.25) is 0 Å². The monoisotopic (exact) mass is 296 g/mol. The van der Waals surface area contributed by atoms with Crippen molar-refractivity contribution in [2.75, 3.05) is 0 Å². The molecule has 0 bridgehead atoms. The maximum atomic E-state index is 2.60. The molecule has 0 saturated carbocycles. The van der Waals surface area contributed by atoms with Crippen LogP contribution in [0.1, 0.15) is 107 Å². The number of unbranched alkanes of at least 4 members (excludes halogenated alkanes) is 1. The first kappa shape index (κ1) is 21.0. The maximum Gasteiger partial charge on any atom is -0.0195 e. The van der Waals surface area contributed by atoms with Crippen LogP contribution in [0.15, 0.2) is 0 Å². The summed E-state index contributed by atoms with van der Waals surface area (Å²) in [6.07, 6.45) is 9.54. The van der Waals surface area contributed by atoms with E-state index < -0.39 is 0 Å². The second-order valence-electron chi connectivity index (χ2n) is 8.49. The molecule has 0 N–H and O–H groups in total. The third-order valence-corrected chi connectivity index (χ3v) is 6.38. The summed E-state index contributed by atoms with van der Waals surface area (Å²) in [4.78, 5) is 0. The molecule has 3 unspecified atom stereocenters. The van der Waals surface area contributed by atoms with Crippen LogP contribution < -0.4 is 0 Å². The van der Waals surface area contributed by atoms with E-state index in [4.69, 9.17) is 0 Å². The van der Waals surface area contributed by atoms with Gasteiger partial charge in [0.25, 0.3) is 0 Å². The van der Waals surface area contributed by atoms with Gasteiger partial charge in [-0.05, 0) is 47.8 Å². The van der Waals surface area contributed by atoms with Crippen molar-refractivity contribution in [3.8, 4) is 0 Å². The van der Waals surface area contributed by atoms with Crippen LogP contribution in [0.4, 0.5) is 0 Å². The predicted octanol–water partition coefficient (Wildman–Crippen LogP) is 7.72. The Morgan fingerprint density at radius 3 is 1.71 bits per heavy atom. The first-order valence-corrected chi connectivity index (χ1v) is 9.71. The Kier molecular flexibility index (Phi) is 9.21. The second-order valence-corrected chi connectivity index (χ2v) is 8.49. The number of hydrogen-bond acceptors (Lipinski definition) is 0. The van der Waals surface area contributed by atoms with Crippen LogP contribution in [-0.4, -0.2) is 0 Å². The van der Waals surface area contributed by atoms with E-state index in [9.17, 15) is 0 Å². The molecule has 0 aliphatic rings. The van der Waals surface area contributed by atoms with Crippen LogP contribution >= 0.6 is 0 Å². The fraction of sp³-hybridized carbons (Fsp3) is 1.00. The van der Waals surface area contributed by atoms with Crippen molar-refractivity contribution < 1.29 is 0 Å². The molecule has 0 saturated heterocycles. The van der Waals surface area contributed by atoms with E-state index in [1.54, 1.807) is 0 Å². The van der Waals surface area contributed by atoms with E-state index in [0.29, 0.717) is 10.8 Å². The molecule has 0 nitrogen and oxygen atoms in total. The summed E-state index contributed by atoms with van der Waals surface area (Å²) in [5.74, 6) is 2.40. The van der Waals surface area contributed by atoms with Gasteiger partial charge in [0.15, 0.2) is 0 Å². The minimum atomic E-state index is 0.486. The normalized spacial score (nSPS) is 19.6. The molecule has 0 aromatic heterocycles. The quantitative estimate of drug-likeness (QED) is 0.366. The SMILES string of the molecule is CCCCC(C(C)C)(C(C)CC(C)C)C(C)(CC)CCC. The summed E-state index contributed by atoms with van der Waals surface area (Å²) >= 11 is 0. The van der Waals surface area contributed by atoms with Gasteiger partial charge in [0, 0.05) is 0 Å². The Morgan fingerprint density at radius 1 is 0.810 bits per heavy atom. The molecule has 0 heterocycles. The molecule has 0 aromatic carbocycles. The van der Waals surface area contributed by atoms with Crippen molar-refractivity contribution in [3.05, 3.63) is 0 Å². The lowest BCUT2D eigenvalue weighted by Gasteiger charge is -2.56. The van der Waals surface area contributed by atoms with E-state index in [1.807, 2.05) is 0 Å². The van der Waals surface area contributed by atoms with E-state index in [2.05, 4.69) is 62.3 Å². The zero-order valence-corrected chi connectivity index (χ0v) is 16.7. The van der Waals surface area contributed by atoms with Gasteiger partial charge in [-0.1, -0.05) is 88.0 Å². The molecular formula is C21H44. The van der Waals surface area contributed by atoms with Crippen LogP contribution in [0.25, 0.3) is 0 Å². The first-order valence-electron chi connectivity index (χ1n) is 9.71. The molecule has 0 spiro atoms. The molecule has 0 heteroatoms. The molecule has 128 valence electrons. The van der Waals surface area contributed by atoms with Gasteiger partial charge in [-0.3, -0.25) is 0 Å². The predicted molar refractivity (Wildman–Crippen MR) is 98.7 cm³/mol. The molecule has 0 amide bonds. The highest BCUT2D eigenvalue weighted by atomic mass is 14.5. The van der Waals surface area contributed by atoms with Crippen molar-refractivity contribution in [2.24, 2.45) is 28.6 Å². The Morgan fingerprint density at radius 2 is 1.38 bits per heavy atom. The summed E-state index contributed by atoms with van der Waals surface area (Å²) in [7, 11) is 0. The summed E-state index contributed by atoms with van der Waals surface area (Å²) in [5.41, 5.74) is 0.984. The Balaban J connectivity index is 5.76. The van der Waals surface area contributed by atoms with Gasteiger partial charge in [0.05, 0.1) is 0 Å². The number of hydrogen-bond donors (Lipinski definition) is 0. The third kappa shape index (κ3) is 4.73. The van der Waals surface area contributed by atoms with E-state index in [1.165, 1.54) is 44.9 Å². The van der Waals surface area contributed by atoms with Crippen molar-refractivity contribution in [1.29, 1.82) is 0 Å². The minimum absolute atomic E-state index is 0.486. The van der Waals surface area contributed by atoms with Gasteiger partial charge in [0.2, 0.25) is 0 Å². The lowest BCUT2D eigenvalue weighted by molar-refractivity contribution is -0.0734. The van der Waals surface area contributed by atoms with Crippen molar-refractivity contribution >= 4 is 0 Å². The van der Waals surface area contributed by atoms with Crippen LogP contribution in [0, 0.1) is 28.6 Å². The molecule has 0 fully saturated rings. The number of rotatable bonds is 11. The molecule has 0 rings (SSSR count).